The third kappa shape index (κ3) is 2.88. The minimum atomic E-state index is -0.247. The molecule has 0 saturated carbocycles. The van der Waals surface area contributed by atoms with E-state index in [0.29, 0.717) is 6.54 Å². The van der Waals surface area contributed by atoms with Gasteiger partial charge in [0.05, 0.1) is 29.5 Å². The van der Waals surface area contributed by atoms with Crippen LogP contribution in [0.15, 0.2) is 48.8 Å². The van der Waals surface area contributed by atoms with Crippen molar-refractivity contribution in [1.82, 2.24) is 19.6 Å². The number of amides is 1. The van der Waals surface area contributed by atoms with E-state index in [2.05, 4.69) is 15.5 Å². The van der Waals surface area contributed by atoms with Crippen molar-refractivity contribution < 1.29 is 4.79 Å². The van der Waals surface area contributed by atoms with Gasteiger partial charge in [-0.05, 0) is 25.5 Å². The molecule has 0 radical (unpaired) electrons. The van der Waals surface area contributed by atoms with Crippen LogP contribution in [-0.4, -0.2) is 38.1 Å². The van der Waals surface area contributed by atoms with E-state index < -0.39 is 0 Å². The van der Waals surface area contributed by atoms with Crippen LogP contribution in [0, 0.1) is 6.92 Å². The van der Waals surface area contributed by atoms with Crippen LogP contribution in [0.5, 0.6) is 0 Å². The van der Waals surface area contributed by atoms with Gasteiger partial charge in [0.2, 0.25) is 0 Å². The number of aromatic nitrogens is 4. The molecule has 1 fully saturated rings. The maximum atomic E-state index is 12.7. The molecular weight excluding hydrogens is 316 g/mol. The summed E-state index contributed by atoms with van der Waals surface area (Å²) in [6.07, 6.45) is 4.40. The third-order valence-corrected chi connectivity index (χ3v) is 4.40. The molecule has 0 aliphatic carbocycles. The lowest BCUT2D eigenvalue weighted by atomic mass is 10.2. The zero-order valence-electron chi connectivity index (χ0n) is 14.3. The number of aryl methyl sites for hydroxylation is 2. The number of carbonyl (C=O) groups is 1. The summed E-state index contributed by atoms with van der Waals surface area (Å²) in [5, 5.41) is 12.0. The minimum Gasteiger partial charge on any atom is -0.371 e. The largest absolute Gasteiger partial charge is 0.371 e. The minimum absolute atomic E-state index is 0.0652. The van der Waals surface area contributed by atoms with Crippen LogP contribution in [0.2, 0.25) is 0 Å². The van der Waals surface area contributed by atoms with Gasteiger partial charge in [0, 0.05) is 19.7 Å². The fraction of sp³-hybridized carbons (Fsp3) is 0.278. The molecule has 1 amide bonds. The Morgan fingerprint density at radius 2 is 2.04 bits per heavy atom. The smallest absolute Gasteiger partial charge is 0.250 e. The van der Waals surface area contributed by atoms with Crippen molar-refractivity contribution >= 4 is 17.4 Å². The highest BCUT2D eigenvalue weighted by molar-refractivity contribution is 6.00. The maximum absolute atomic E-state index is 12.7. The number of rotatable bonds is 4. The first-order chi connectivity index (χ1) is 12.1. The summed E-state index contributed by atoms with van der Waals surface area (Å²) in [4.78, 5) is 14.5. The van der Waals surface area contributed by atoms with Crippen molar-refractivity contribution in [2.24, 2.45) is 7.05 Å². The Labute approximate surface area is 145 Å². The van der Waals surface area contributed by atoms with Gasteiger partial charge in [0.15, 0.2) is 0 Å². The summed E-state index contributed by atoms with van der Waals surface area (Å²) in [5.74, 6) is 0.905. The van der Waals surface area contributed by atoms with E-state index in [1.54, 1.807) is 20.5 Å². The Hall–Kier alpha value is -3.09. The number of anilines is 2. The second-order valence-electron chi connectivity index (χ2n) is 6.25. The van der Waals surface area contributed by atoms with E-state index in [-0.39, 0.29) is 11.9 Å². The van der Waals surface area contributed by atoms with Gasteiger partial charge in [-0.2, -0.15) is 10.2 Å². The molecule has 3 heterocycles. The van der Waals surface area contributed by atoms with Gasteiger partial charge in [-0.3, -0.25) is 14.4 Å². The Morgan fingerprint density at radius 3 is 2.76 bits per heavy atom. The fourth-order valence-corrected chi connectivity index (χ4v) is 3.21. The first-order valence-electron chi connectivity index (χ1n) is 8.30. The number of nitrogens with zero attached hydrogens (tertiary/aromatic N) is 5. The van der Waals surface area contributed by atoms with E-state index >= 15 is 0 Å². The van der Waals surface area contributed by atoms with Crippen LogP contribution in [-0.2, 0) is 11.8 Å². The van der Waals surface area contributed by atoms with Crippen molar-refractivity contribution in [3.05, 3.63) is 54.5 Å². The summed E-state index contributed by atoms with van der Waals surface area (Å²) >= 11 is 0. The standard InChI is InChI=1S/C18H20N6O/c1-13-10-17(22(2)21-13)23-9-8-16(18(23)25)20-14-11-19-24(12-14)15-6-4-3-5-7-15/h3-7,10-12,16,20H,8-9H2,1-2H3. The van der Waals surface area contributed by atoms with E-state index in [1.165, 1.54) is 0 Å². The van der Waals surface area contributed by atoms with Gasteiger partial charge in [-0.1, -0.05) is 18.2 Å². The molecule has 1 aliphatic rings. The summed E-state index contributed by atoms with van der Waals surface area (Å²) in [6, 6.07) is 11.6. The zero-order chi connectivity index (χ0) is 17.4. The summed E-state index contributed by atoms with van der Waals surface area (Å²) in [5.41, 5.74) is 2.73. The lowest BCUT2D eigenvalue weighted by Gasteiger charge is -2.16. The number of benzene rings is 1. The predicted octanol–water partition coefficient (Wildman–Crippen LogP) is 2.13. The molecule has 1 aromatic carbocycles. The van der Waals surface area contributed by atoms with Gasteiger partial charge in [0.1, 0.15) is 11.9 Å². The van der Waals surface area contributed by atoms with Gasteiger partial charge in [0.25, 0.3) is 5.91 Å². The van der Waals surface area contributed by atoms with Gasteiger partial charge >= 0.3 is 0 Å². The monoisotopic (exact) mass is 336 g/mol. The number of para-hydroxylation sites is 1. The van der Waals surface area contributed by atoms with Crippen LogP contribution >= 0.6 is 0 Å². The molecule has 1 N–H and O–H groups in total. The zero-order valence-corrected chi connectivity index (χ0v) is 14.3. The highest BCUT2D eigenvalue weighted by Crippen LogP contribution is 2.24. The molecule has 0 bridgehead atoms. The number of carbonyl (C=O) groups excluding carboxylic acids is 1. The number of nitrogens with one attached hydrogen (secondary N) is 1. The Morgan fingerprint density at radius 1 is 1.24 bits per heavy atom. The van der Waals surface area contributed by atoms with E-state index in [9.17, 15) is 4.79 Å². The quantitative estimate of drug-likeness (QED) is 0.792. The maximum Gasteiger partial charge on any atom is 0.250 e. The fourth-order valence-electron chi connectivity index (χ4n) is 3.21. The molecule has 2 aromatic heterocycles. The highest BCUT2D eigenvalue weighted by Gasteiger charge is 2.34. The van der Waals surface area contributed by atoms with E-state index in [4.69, 9.17) is 0 Å². The Kier molecular flexibility index (Phi) is 3.76. The molecule has 7 heteroatoms. The molecule has 7 nitrogen and oxygen atoms in total. The van der Waals surface area contributed by atoms with Crippen molar-refractivity contribution in [1.29, 1.82) is 0 Å². The third-order valence-electron chi connectivity index (χ3n) is 4.40. The van der Waals surface area contributed by atoms with E-state index in [0.717, 1.165) is 29.3 Å². The lowest BCUT2D eigenvalue weighted by molar-refractivity contribution is -0.117. The molecule has 128 valence electrons. The molecule has 1 aliphatic heterocycles. The molecule has 0 spiro atoms. The van der Waals surface area contributed by atoms with Crippen LogP contribution in [0.25, 0.3) is 5.69 Å². The molecule has 1 unspecified atom stereocenters. The molecule has 4 rings (SSSR count). The summed E-state index contributed by atoms with van der Waals surface area (Å²) in [6.45, 7) is 2.61. The Balaban J connectivity index is 1.48. The molecule has 1 saturated heterocycles. The Bertz CT molecular complexity index is 897. The average molecular weight is 336 g/mol. The van der Waals surface area contributed by atoms with Crippen molar-refractivity contribution in [2.75, 3.05) is 16.8 Å². The number of hydrogen-bond donors (Lipinski definition) is 1. The van der Waals surface area contributed by atoms with Crippen LogP contribution < -0.4 is 10.2 Å². The normalized spacial score (nSPS) is 17.3. The highest BCUT2D eigenvalue weighted by atomic mass is 16.2. The van der Waals surface area contributed by atoms with Crippen molar-refractivity contribution in [3.63, 3.8) is 0 Å². The molecule has 25 heavy (non-hydrogen) atoms. The SMILES string of the molecule is Cc1cc(N2CCC(Nc3cnn(-c4ccccc4)c3)C2=O)n(C)n1. The second kappa shape index (κ2) is 6.08. The first kappa shape index (κ1) is 15.4. The van der Waals surface area contributed by atoms with Crippen LogP contribution in [0.1, 0.15) is 12.1 Å². The van der Waals surface area contributed by atoms with Crippen LogP contribution in [0.3, 0.4) is 0 Å². The van der Waals surface area contributed by atoms with Crippen molar-refractivity contribution in [3.8, 4) is 5.69 Å². The lowest BCUT2D eigenvalue weighted by Crippen LogP contribution is -2.34. The molecule has 3 aromatic rings. The van der Waals surface area contributed by atoms with Gasteiger partial charge in [-0.25, -0.2) is 4.68 Å². The van der Waals surface area contributed by atoms with E-state index in [1.807, 2.05) is 56.6 Å². The molecule has 1 atom stereocenters. The van der Waals surface area contributed by atoms with Gasteiger partial charge < -0.3 is 5.32 Å². The van der Waals surface area contributed by atoms with Gasteiger partial charge in [-0.15, -0.1) is 0 Å². The second-order valence-corrected chi connectivity index (χ2v) is 6.25. The first-order valence-corrected chi connectivity index (χ1v) is 8.30. The summed E-state index contributed by atoms with van der Waals surface area (Å²) in [7, 11) is 1.86. The van der Waals surface area contributed by atoms with Crippen molar-refractivity contribution in [2.45, 2.75) is 19.4 Å². The molecular formula is C18H20N6O. The average Bonchev–Trinajstić information content (AvgIpc) is 3.30. The van der Waals surface area contributed by atoms with Crippen LogP contribution in [0.4, 0.5) is 11.5 Å². The summed E-state index contributed by atoms with van der Waals surface area (Å²) < 4.78 is 3.55. The topological polar surface area (TPSA) is 68.0 Å². The predicted molar refractivity (Wildman–Crippen MR) is 95.9 cm³/mol. The number of hydrogen-bond acceptors (Lipinski definition) is 4.